The van der Waals surface area contributed by atoms with Gasteiger partial charge in [-0.15, -0.1) is 0 Å². The predicted molar refractivity (Wildman–Crippen MR) is 182 cm³/mol. The van der Waals surface area contributed by atoms with Crippen molar-refractivity contribution in [2.24, 2.45) is 5.41 Å². The number of hydrogen-bond acceptors (Lipinski definition) is 12. The largest absolute Gasteiger partial charge is 0.494 e. The highest BCUT2D eigenvalue weighted by molar-refractivity contribution is 7.71. The summed E-state index contributed by atoms with van der Waals surface area (Å²) in [7, 11) is 2.93. The summed E-state index contributed by atoms with van der Waals surface area (Å²) in [4.78, 5) is 33.9. The fraction of sp³-hybridized carbons (Fsp3) is 0.419. The molecule has 1 spiro atoms. The Morgan fingerprint density at radius 2 is 1.80 bits per heavy atom. The molecule has 46 heavy (non-hydrogen) atoms. The number of aromatic nitrogens is 4. The van der Waals surface area contributed by atoms with Gasteiger partial charge in [0.05, 0.1) is 40.4 Å². The van der Waals surface area contributed by atoms with E-state index in [2.05, 4.69) is 54.5 Å². The third-order valence-corrected chi connectivity index (χ3v) is 10.9. The number of piperidine rings is 1. The number of nitrogens with zero attached hydrogens (tertiary/aromatic N) is 7. The van der Waals surface area contributed by atoms with Crippen molar-refractivity contribution >= 4 is 69.6 Å². The number of nitrogens with one attached hydrogen (secondary N) is 2. The SMILES string of the molecule is COc1cc(N2CCC3(CC2)CC(N(C)C)C3)c([N+](=O)[O-])cc1Nc1ncc(Cl)c(Nc2ccc3nccnc3c2P(C)(C)=O)n1. The average molecular weight is 666 g/mol. The summed E-state index contributed by atoms with van der Waals surface area (Å²) in [6, 6.07) is 7.31. The number of benzene rings is 2. The smallest absolute Gasteiger partial charge is 0.294 e. The fourth-order valence-electron chi connectivity index (χ4n) is 6.59. The maximum atomic E-state index is 13.4. The van der Waals surface area contributed by atoms with Gasteiger partial charge < -0.3 is 29.7 Å². The van der Waals surface area contributed by atoms with Crippen molar-refractivity contribution in [3.05, 3.63) is 58.0 Å². The highest BCUT2D eigenvalue weighted by atomic mass is 35.5. The molecule has 1 aliphatic heterocycles. The van der Waals surface area contributed by atoms with Crippen LogP contribution in [0.4, 0.5) is 34.5 Å². The number of nitro benzene ring substituents is 1. The Morgan fingerprint density at radius 3 is 2.46 bits per heavy atom. The summed E-state index contributed by atoms with van der Waals surface area (Å²) in [5.41, 5.74) is 2.82. The predicted octanol–water partition coefficient (Wildman–Crippen LogP) is 6.04. The highest BCUT2D eigenvalue weighted by Gasteiger charge is 2.47. The van der Waals surface area contributed by atoms with Crippen molar-refractivity contribution in [3.8, 4) is 5.75 Å². The third kappa shape index (κ3) is 6.19. The summed E-state index contributed by atoms with van der Waals surface area (Å²) >= 11 is 6.49. The first kappa shape index (κ1) is 31.9. The van der Waals surface area contributed by atoms with Gasteiger partial charge in [-0.05, 0) is 70.7 Å². The normalized spacial score (nSPS) is 16.5. The van der Waals surface area contributed by atoms with Crippen LogP contribution < -0.4 is 25.6 Å². The molecule has 0 unspecified atom stereocenters. The molecule has 2 aromatic carbocycles. The van der Waals surface area contributed by atoms with E-state index in [0.717, 1.165) is 25.9 Å². The van der Waals surface area contributed by atoms with E-state index in [9.17, 15) is 14.7 Å². The molecule has 1 saturated heterocycles. The molecule has 4 aromatic rings. The number of ether oxygens (including phenoxy) is 1. The van der Waals surface area contributed by atoms with Crippen LogP contribution in [0.3, 0.4) is 0 Å². The van der Waals surface area contributed by atoms with Crippen molar-refractivity contribution in [1.82, 2.24) is 24.8 Å². The fourth-order valence-corrected chi connectivity index (χ4v) is 8.12. The summed E-state index contributed by atoms with van der Waals surface area (Å²) in [6.45, 7) is 4.82. The maximum absolute atomic E-state index is 13.4. The lowest BCUT2D eigenvalue weighted by atomic mass is 9.60. The topological polar surface area (TPSA) is 152 Å². The number of nitro groups is 1. The zero-order chi connectivity index (χ0) is 32.8. The first-order valence-corrected chi connectivity index (χ1v) is 18.0. The second-order valence-corrected chi connectivity index (χ2v) is 16.2. The first-order valence-electron chi connectivity index (χ1n) is 15.0. The minimum atomic E-state index is -2.83. The molecule has 13 nitrogen and oxygen atoms in total. The molecule has 6 rings (SSSR count). The maximum Gasteiger partial charge on any atom is 0.294 e. The van der Waals surface area contributed by atoms with E-state index in [1.807, 2.05) is 0 Å². The molecule has 242 valence electrons. The second-order valence-electron chi connectivity index (χ2n) is 12.7. The number of hydrogen-bond donors (Lipinski definition) is 2. The first-order chi connectivity index (χ1) is 21.9. The molecule has 3 heterocycles. The quantitative estimate of drug-likeness (QED) is 0.122. The Labute approximate surface area is 272 Å². The van der Waals surface area contributed by atoms with E-state index < -0.39 is 7.14 Å². The van der Waals surface area contributed by atoms with Crippen LogP contribution >= 0.6 is 18.7 Å². The van der Waals surface area contributed by atoms with Crippen molar-refractivity contribution in [3.63, 3.8) is 0 Å². The van der Waals surface area contributed by atoms with Crippen LogP contribution in [0.2, 0.25) is 5.02 Å². The molecule has 0 bridgehead atoms. The van der Waals surface area contributed by atoms with Gasteiger partial charge in [0.1, 0.15) is 29.1 Å². The van der Waals surface area contributed by atoms with E-state index in [0.29, 0.717) is 50.6 Å². The number of rotatable bonds is 9. The van der Waals surface area contributed by atoms with E-state index in [-0.39, 0.29) is 27.4 Å². The molecule has 0 radical (unpaired) electrons. The molecule has 1 saturated carbocycles. The molecule has 0 atom stereocenters. The molecule has 1 aliphatic carbocycles. The van der Waals surface area contributed by atoms with Crippen LogP contribution in [-0.4, -0.2) is 83.4 Å². The molecule has 15 heteroatoms. The van der Waals surface area contributed by atoms with Gasteiger partial charge in [0.25, 0.3) is 5.69 Å². The zero-order valence-corrected chi connectivity index (χ0v) is 28.1. The van der Waals surface area contributed by atoms with Gasteiger partial charge in [-0.1, -0.05) is 11.6 Å². The van der Waals surface area contributed by atoms with Crippen molar-refractivity contribution < 1.29 is 14.2 Å². The lowest BCUT2D eigenvalue weighted by Gasteiger charge is -2.54. The van der Waals surface area contributed by atoms with Crippen LogP contribution in [-0.2, 0) is 4.57 Å². The monoisotopic (exact) mass is 665 g/mol. The minimum Gasteiger partial charge on any atom is -0.494 e. The van der Waals surface area contributed by atoms with Crippen LogP contribution in [0, 0.1) is 15.5 Å². The molecular formula is C31H37ClN9O4P. The van der Waals surface area contributed by atoms with Gasteiger partial charge in [-0.25, -0.2) is 4.98 Å². The number of halogens is 1. The van der Waals surface area contributed by atoms with E-state index in [1.165, 1.54) is 32.2 Å². The molecule has 2 aliphatic rings. The Hall–Kier alpha value is -4.06. The van der Waals surface area contributed by atoms with Gasteiger partial charge >= 0.3 is 0 Å². The molecule has 2 aromatic heterocycles. The summed E-state index contributed by atoms with van der Waals surface area (Å²) < 4.78 is 19.0. The number of anilines is 5. The molecule has 2 fully saturated rings. The molecular weight excluding hydrogens is 629 g/mol. The summed E-state index contributed by atoms with van der Waals surface area (Å²) in [5, 5.41) is 19.3. The lowest BCUT2D eigenvalue weighted by molar-refractivity contribution is -0.384. The Balaban J connectivity index is 1.27. The van der Waals surface area contributed by atoms with Crippen LogP contribution in [0.25, 0.3) is 11.0 Å². The Bertz CT molecular complexity index is 1850. The number of fused-ring (bicyclic) bond motifs is 1. The van der Waals surface area contributed by atoms with Crippen LogP contribution in [0.5, 0.6) is 5.75 Å². The van der Waals surface area contributed by atoms with Gasteiger partial charge in [0, 0.05) is 43.7 Å². The van der Waals surface area contributed by atoms with Crippen molar-refractivity contribution in [2.45, 2.75) is 31.7 Å². The summed E-state index contributed by atoms with van der Waals surface area (Å²) in [5.74, 6) is 0.793. The molecule has 2 N–H and O–H groups in total. The lowest BCUT2D eigenvalue weighted by Crippen LogP contribution is -2.53. The minimum absolute atomic E-state index is 0.0325. The number of methoxy groups -OCH3 is 1. The van der Waals surface area contributed by atoms with Gasteiger partial charge in [-0.2, -0.15) is 4.98 Å². The zero-order valence-electron chi connectivity index (χ0n) is 26.5. The van der Waals surface area contributed by atoms with Crippen LogP contribution in [0.1, 0.15) is 25.7 Å². The van der Waals surface area contributed by atoms with Crippen molar-refractivity contribution in [2.75, 3.05) is 63.2 Å². The highest BCUT2D eigenvalue weighted by Crippen LogP contribution is 2.52. The standard InChI is InChI=1S/C31H37ClN9O4P/c1-39(2)19-16-31(17-19)8-12-40(13-9-31)24-15-26(45-3)23(14-25(24)41(42)43)37-30-35-18-20(32)29(38-30)36-22-7-6-21-27(34-11-10-33-21)28(22)46(4,5)44/h6-7,10-11,14-15,18-19H,8-9,12-13,16-17H2,1-5H3,(H2,35,36,37,38). The third-order valence-electron chi connectivity index (χ3n) is 9.12. The van der Waals surface area contributed by atoms with E-state index in [4.69, 9.17) is 16.3 Å². The Kier molecular flexibility index (Phi) is 8.51. The van der Waals surface area contributed by atoms with Gasteiger partial charge in [0.15, 0.2) is 5.82 Å². The van der Waals surface area contributed by atoms with Gasteiger partial charge in [0.2, 0.25) is 5.95 Å². The van der Waals surface area contributed by atoms with E-state index in [1.54, 1.807) is 43.9 Å². The second kappa shape index (κ2) is 12.3. The van der Waals surface area contributed by atoms with Crippen molar-refractivity contribution in [1.29, 1.82) is 0 Å². The van der Waals surface area contributed by atoms with Gasteiger partial charge in [-0.3, -0.25) is 20.1 Å². The molecule has 0 amide bonds. The Morgan fingerprint density at radius 1 is 1.09 bits per heavy atom. The average Bonchev–Trinajstić information content (AvgIpc) is 3.00. The van der Waals surface area contributed by atoms with E-state index >= 15 is 0 Å². The summed E-state index contributed by atoms with van der Waals surface area (Å²) in [6.07, 6.45) is 8.90. The van der Waals surface area contributed by atoms with Crippen LogP contribution in [0.15, 0.2) is 42.9 Å².